The van der Waals surface area contributed by atoms with Crippen LogP contribution in [0.5, 0.6) is 0 Å². The predicted octanol–water partition coefficient (Wildman–Crippen LogP) is 1.12. The molecule has 1 aliphatic rings. The van der Waals surface area contributed by atoms with Gasteiger partial charge in [0.1, 0.15) is 5.82 Å². The standard InChI is InChI=1S/C12H23N5S/c1-11-14-15-12(17(11)9-5-13)18-10-4-8-16-6-2-3-7-16/h2-10,13H2,1H3. The highest BCUT2D eigenvalue weighted by molar-refractivity contribution is 7.99. The largest absolute Gasteiger partial charge is 0.329 e. The third-order valence-electron chi connectivity index (χ3n) is 3.30. The average molecular weight is 269 g/mol. The predicted molar refractivity (Wildman–Crippen MR) is 74.8 cm³/mol. The third kappa shape index (κ3) is 3.70. The summed E-state index contributed by atoms with van der Waals surface area (Å²) in [6.45, 7) is 7.22. The number of nitrogens with zero attached hydrogens (tertiary/aromatic N) is 4. The molecule has 0 amide bonds. The minimum atomic E-state index is 0.639. The molecular formula is C12H23N5S. The van der Waals surface area contributed by atoms with Gasteiger partial charge in [-0.3, -0.25) is 0 Å². The lowest BCUT2D eigenvalue weighted by Crippen LogP contribution is -2.20. The molecule has 0 aliphatic carbocycles. The Balaban J connectivity index is 1.72. The van der Waals surface area contributed by atoms with E-state index in [0.29, 0.717) is 6.54 Å². The minimum absolute atomic E-state index is 0.639. The Morgan fingerprint density at radius 1 is 1.22 bits per heavy atom. The first kappa shape index (κ1) is 13.8. The number of nitrogens with two attached hydrogens (primary N) is 1. The van der Waals surface area contributed by atoms with E-state index in [4.69, 9.17) is 5.73 Å². The minimum Gasteiger partial charge on any atom is -0.329 e. The zero-order chi connectivity index (χ0) is 12.8. The number of aromatic nitrogens is 3. The summed E-state index contributed by atoms with van der Waals surface area (Å²) in [4.78, 5) is 2.55. The van der Waals surface area contributed by atoms with E-state index in [1.165, 1.54) is 38.9 Å². The number of hydrogen-bond acceptors (Lipinski definition) is 5. The van der Waals surface area contributed by atoms with E-state index in [-0.39, 0.29) is 0 Å². The van der Waals surface area contributed by atoms with Crippen LogP contribution in [-0.2, 0) is 6.54 Å². The molecular weight excluding hydrogens is 246 g/mol. The summed E-state index contributed by atoms with van der Waals surface area (Å²) in [5.74, 6) is 2.07. The van der Waals surface area contributed by atoms with E-state index in [9.17, 15) is 0 Å². The Morgan fingerprint density at radius 3 is 2.72 bits per heavy atom. The van der Waals surface area contributed by atoms with Crippen LogP contribution >= 0.6 is 11.8 Å². The van der Waals surface area contributed by atoms with Crippen molar-refractivity contribution in [1.82, 2.24) is 19.7 Å². The molecule has 0 spiro atoms. The number of aryl methyl sites for hydroxylation is 1. The van der Waals surface area contributed by atoms with Gasteiger partial charge in [0.2, 0.25) is 0 Å². The van der Waals surface area contributed by atoms with Crippen molar-refractivity contribution in [3.8, 4) is 0 Å². The topological polar surface area (TPSA) is 60.0 Å². The zero-order valence-corrected chi connectivity index (χ0v) is 12.0. The van der Waals surface area contributed by atoms with E-state index in [1.54, 1.807) is 11.8 Å². The van der Waals surface area contributed by atoms with Crippen LogP contribution in [0.25, 0.3) is 0 Å². The van der Waals surface area contributed by atoms with Crippen molar-refractivity contribution in [3.63, 3.8) is 0 Å². The Bertz CT molecular complexity index is 359. The van der Waals surface area contributed by atoms with Gasteiger partial charge in [-0.05, 0) is 45.8 Å². The molecule has 0 unspecified atom stereocenters. The van der Waals surface area contributed by atoms with Crippen LogP contribution in [0.15, 0.2) is 5.16 Å². The van der Waals surface area contributed by atoms with E-state index in [0.717, 1.165) is 23.3 Å². The first-order chi connectivity index (χ1) is 8.81. The van der Waals surface area contributed by atoms with Gasteiger partial charge in [0.05, 0.1) is 0 Å². The van der Waals surface area contributed by atoms with Crippen LogP contribution in [0.2, 0.25) is 0 Å². The summed E-state index contributed by atoms with van der Waals surface area (Å²) in [6, 6.07) is 0. The quantitative estimate of drug-likeness (QED) is 0.594. The van der Waals surface area contributed by atoms with Gasteiger partial charge in [0, 0.05) is 18.8 Å². The normalized spacial score (nSPS) is 16.6. The molecule has 0 saturated carbocycles. The van der Waals surface area contributed by atoms with E-state index in [2.05, 4.69) is 19.7 Å². The molecule has 1 aromatic rings. The van der Waals surface area contributed by atoms with Crippen molar-refractivity contribution in [2.45, 2.75) is 37.9 Å². The van der Waals surface area contributed by atoms with Crippen LogP contribution < -0.4 is 5.73 Å². The first-order valence-corrected chi connectivity index (χ1v) is 7.75. The number of hydrogen-bond donors (Lipinski definition) is 1. The maximum atomic E-state index is 5.60. The van der Waals surface area contributed by atoms with Crippen molar-refractivity contribution in [3.05, 3.63) is 5.82 Å². The Labute approximate surface area is 113 Å². The highest BCUT2D eigenvalue weighted by Gasteiger charge is 2.11. The van der Waals surface area contributed by atoms with Gasteiger partial charge < -0.3 is 15.2 Å². The first-order valence-electron chi connectivity index (χ1n) is 6.76. The zero-order valence-electron chi connectivity index (χ0n) is 11.1. The number of rotatable bonds is 7. The van der Waals surface area contributed by atoms with Crippen LogP contribution in [0.4, 0.5) is 0 Å². The van der Waals surface area contributed by atoms with Crippen molar-refractivity contribution in [2.24, 2.45) is 5.73 Å². The molecule has 18 heavy (non-hydrogen) atoms. The van der Waals surface area contributed by atoms with E-state index < -0.39 is 0 Å². The molecule has 2 N–H and O–H groups in total. The highest BCUT2D eigenvalue weighted by atomic mass is 32.2. The maximum absolute atomic E-state index is 5.60. The van der Waals surface area contributed by atoms with E-state index >= 15 is 0 Å². The molecule has 6 heteroatoms. The van der Waals surface area contributed by atoms with Crippen LogP contribution in [0.1, 0.15) is 25.1 Å². The van der Waals surface area contributed by atoms with Gasteiger partial charge in [-0.15, -0.1) is 10.2 Å². The van der Waals surface area contributed by atoms with Gasteiger partial charge in [-0.25, -0.2) is 0 Å². The third-order valence-corrected chi connectivity index (χ3v) is 4.36. The molecule has 1 aromatic heterocycles. The smallest absolute Gasteiger partial charge is 0.191 e. The SMILES string of the molecule is Cc1nnc(SCCCN2CCCC2)n1CCN. The van der Waals surface area contributed by atoms with Gasteiger partial charge >= 0.3 is 0 Å². The average Bonchev–Trinajstić information content (AvgIpc) is 2.98. The second-order valence-electron chi connectivity index (χ2n) is 4.72. The van der Waals surface area contributed by atoms with Crippen molar-refractivity contribution < 1.29 is 0 Å². The van der Waals surface area contributed by atoms with Gasteiger partial charge in [-0.1, -0.05) is 11.8 Å². The fourth-order valence-electron chi connectivity index (χ4n) is 2.31. The Hall–Kier alpha value is -0.590. The maximum Gasteiger partial charge on any atom is 0.191 e. The van der Waals surface area contributed by atoms with Crippen LogP contribution in [0.3, 0.4) is 0 Å². The van der Waals surface area contributed by atoms with Crippen molar-refractivity contribution in [1.29, 1.82) is 0 Å². The lowest BCUT2D eigenvalue weighted by atomic mass is 10.4. The van der Waals surface area contributed by atoms with Crippen LogP contribution in [0, 0.1) is 6.92 Å². The lowest BCUT2D eigenvalue weighted by Gasteiger charge is -2.13. The monoisotopic (exact) mass is 269 g/mol. The summed E-state index contributed by atoms with van der Waals surface area (Å²) < 4.78 is 2.11. The Morgan fingerprint density at radius 2 is 2.00 bits per heavy atom. The summed E-state index contributed by atoms with van der Waals surface area (Å²) in [7, 11) is 0. The van der Waals surface area contributed by atoms with Gasteiger partial charge in [0.15, 0.2) is 5.16 Å². The van der Waals surface area contributed by atoms with Gasteiger partial charge in [-0.2, -0.15) is 0 Å². The number of likely N-dealkylation sites (tertiary alicyclic amines) is 1. The molecule has 102 valence electrons. The second-order valence-corrected chi connectivity index (χ2v) is 5.78. The van der Waals surface area contributed by atoms with Crippen LogP contribution in [-0.4, -0.2) is 51.6 Å². The van der Waals surface area contributed by atoms with Gasteiger partial charge in [0.25, 0.3) is 0 Å². The molecule has 2 heterocycles. The second kappa shape index (κ2) is 7.11. The fourth-order valence-corrected chi connectivity index (χ4v) is 3.25. The van der Waals surface area contributed by atoms with E-state index in [1.807, 2.05) is 6.92 Å². The molecule has 0 aromatic carbocycles. The molecule has 1 saturated heterocycles. The number of thioether (sulfide) groups is 1. The summed E-state index contributed by atoms with van der Waals surface area (Å²) in [5, 5.41) is 9.34. The highest BCUT2D eigenvalue weighted by Crippen LogP contribution is 2.18. The summed E-state index contributed by atoms with van der Waals surface area (Å²) >= 11 is 1.80. The lowest BCUT2D eigenvalue weighted by molar-refractivity contribution is 0.341. The molecule has 0 atom stereocenters. The molecule has 2 rings (SSSR count). The molecule has 1 fully saturated rings. The molecule has 0 radical (unpaired) electrons. The fraction of sp³-hybridized carbons (Fsp3) is 0.833. The summed E-state index contributed by atoms with van der Waals surface area (Å²) in [5.41, 5.74) is 5.60. The molecule has 1 aliphatic heterocycles. The molecule has 0 bridgehead atoms. The molecule has 5 nitrogen and oxygen atoms in total. The summed E-state index contributed by atoms with van der Waals surface area (Å²) in [6.07, 6.45) is 3.97. The van der Waals surface area contributed by atoms with Crippen molar-refractivity contribution >= 4 is 11.8 Å². The van der Waals surface area contributed by atoms with Crippen molar-refractivity contribution in [2.75, 3.05) is 31.9 Å². The Kier molecular flexibility index (Phi) is 5.46.